The lowest BCUT2D eigenvalue weighted by atomic mass is 10.1. The van der Waals surface area contributed by atoms with Gasteiger partial charge in [-0.2, -0.15) is 9.69 Å². The number of rotatable bonds is 15. The van der Waals surface area contributed by atoms with Gasteiger partial charge in [0.25, 0.3) is 0 Å². The molecule has 218 valence electrons. The zero-order valence-electron chi connectivity index (χ0n) is 23.6. The van der Waals surface area contributed by atoms with Crippen molar-refractivity contribution in [1.29, 1.82) is 0 Å². The highest BCUT2D eigenvalue weighted by Gasteiger charge is 2.91. The highest BCUT2D eigenvalue weighted by molar-refractivity contribution is 6.63. The maximum absolute atomic E-state index is 14.4. The monoisotopic (exact) mass is 599 g/mol. The van der Waals surface area contributed by atoms with E-state index in [1.807, 2.05) is 0 Å². The highest BCUT2D eigenvalue weighted by Crippen LogP contribution is 2.51. The molecule has 4 atom stereocenters. The fraction of sp³-hybridized carbons (Fsp3) is 0.850. The molecule has 3 saturated heterocycles. The van der Waals surface area contributed by atoms with Gasteiger partial charge in [0.05, 0.1) is 6.42 Å². The van der Waals surface area contributed by atoms with Crippen LogP contribution in [-0.2, 0) is 39.8 Å². The van der Waals surface area contributed by atoms with Crippen molar-refractivity contribution in [3.8, 4) is 0 Å². The number of hydrogen-bond donors (Lipinski definition) is 0. The Morgan fingerprint density at radius 3 is 1.53 bits per heavy atom. The van der Waals surface area contributed by atoms with Crippen LogP contribution in [0, 0.1) is 0 Å². The summed E-state index contributed by atoms with van der Waals surface area (Å²) in [5.74, 6) is 0. The Bertz CT molecular complexity index is 894. The number of carbonyl (C=O) groups is 3. The van der Waals surface area contributed by atoms with Crippen LogP contribution < -0.4 is 0 Å². The third kappa shape index (κ3) is 4.22. The van der Waals surface area contributed by atoms with Gasteiger partial charge in [-0.15, -0.1) is 8.97 Å². The van der Waals surface area contributed by atoms with E-state index in [4.69, 9.17) is 39.8 Å². The van der Waals surface area contributed by atoms with E-state index in [0.29, 0.717) is 18.9 Å². The van der Waals surface area contributed by atoms with Gasteiger partial charge in [0, 0.05) is 76.6 Å². The van der Waals surface area contributed by atoms with Gasteiger partial charge < -0.3 is 39.8 Å². The predicted molar refractivity (Wildman–Crippen MR) is 135 cm³/mol. The molecule has 0 aromatic carbocycles. The van der Waals surface area contributed by atoms with Gasteiger partial charge in [0.2, 0.25) is 5.67 Å². The third-order valence-corrected chi connectivity index (χ3v) is 17.5. The Morgan fingerprint density at radius 1 is 0.684 bits per heavy atom. The van der Waals surface area contributed by atoms with Crippen molar-refractivity contribution in [2.75, 3.05) is 83.6 Å². The number of hydrogen-bond acceptors (Lipinski definition) is 12. The second-order valence-electron chi connectivity index (χ2n) is 9.29. The lowest BCUT2D eigenvalue weighted by Crippen LogP contribution is -2.88. The normalized spacial score (nSPS) is 29.9. The van der Waals surface area contributed by atoms with E-state index in [2.05, 4.69) is 0 Å². The second-order valence-corrected chi connectivity index (χ2v) is 18.6. The molecule has 0 radical (unpaired) electrons. The Balaban J connectivity index is 2.06. The van der Waals surface area contributed by atoms with Crippen LogP contribution in [0.1, 0.15) is 12.8 Å². The van der Waals surface area contributed by atoms with Gasteiger partial charge >= 0.3 is 44.5 Å². The van der Waals surface area contributed by atoms with Gasteiger partial charge in [0.15, 0.2) is 12.2 Å². The first-order valence-electron chi connectivity index (χ1n) is 12.2. The SMILES string of the molecule is CO[Si](CCCN1C(=O)[N+]2(CCC2[Si](OC)(OC)OC)C(=O)[N+]2(CC2[Si](OC)(OC)OC)C1=O)(OC)OC. The average Bonchev–Trinajstić information content (AvgIpc) is 3.69. The molecule has 0 aromatic rings. The Hall–Kier alpha value is -0.979. The zero-order chi connectivity index (χ0) is 28.6. The van der Waals surface area contributed by atoms with Crippen LogP contribution in [0.25, 0.3) is 0 Å². The van der Waals surface area contributed by atoms with Crippen LogP contribution >= 0.6 is 0 Å². The van der Waals surface area contributed by atoms with E-state index in [9.17, 15) is 14.4 Å². The summed E-state index contributed by atoms with van der Waals surface area (Å²) in [6.45, 7) is 0.292. The standard InChI is InChI=1S/C20H41N3O12Si3/c1-27-36(28-2,29-3)14-10-12-21-18(24)22(13-11-16(22)37(30-4,31-5)32-6)20(26)23(19(21)25)15-17(23)38(33-7,34-8)35-9/h16-17H,10-15H2,1-9H3/q+2. The Kier molecular flexibility index (Phi) is 9.53. The molecule has 3 aliphatic heterocycles. The number of urea groups is 3. The lowest BCUT2D eigenvalue weighted by Gasteiger charge is -2.52. The molecule has 15 nitrogen and oxygen atoms in total. The summed E-state index contributed by atoms with van der Waals surface area (Å²) in [7, 11) is 3.16. The van der Waals surface area contributed by atoms with Crippen molar-refractivity contribution in [2.24, 2.45) is 0 Å². The highest BCUT2D eigenvalue weighted by atomic mass is 28.4. The third-order valence-electron chi connectivity index (χ3n) is 8.29. The number of nitrogens with zero attached hydrogens (tertiary/aromatic N) is 3. The van der Waals surface area contributed by atoms with Gasteiger partial charge in [-0.25, -0.2) is 9.59 Å². The van der Waals surface area contributed by atoms with Gasteiger partial charge in [-0.1, -0.05) is 0 Å². The molecule has 18 heteroatoms. The molecule has 3 rings (SSSR count). The largest absolute Gasteiger partial charge is 0.569 e. The van der Waals surface area contributed by atoms with Gasteiger partial charge in [-0.05, 0) is 6.42 Å². The topological polar surface area (TPSA) is 138 Å². The smallest absolute Gasteiger partial charge is 0.377 e. The number of carbonyl (C=O) groups excluding carboxylic acids is 3. The molecule has 3 fully saturated rings. The van der Waals surface area contributed by atoms with Crippen LogP contribution in [0.3, 0.4) is 0 Å². The molecule has 4 unspecified atom stereocenters. The van der Waals surface area contributed by atoms with Gasteiger partial charge in [0.1, 0.15) is 6.54 Å². The summed E-state index contributed by atoms with van der Waals surface area (Å²) in [4.78, 5) is 43.7. The van der Waals surface area contributed by atoms with Crippen LogP contribution in [0.15, 0.2) is 0 Å². The maximum Gasteiger partial charge on any atom is 0.569 e. The molecule has 0 bridgehead atoms. The van der Waals surface area contributed by atoms with E-state index in [-0.39, 0.29) is 19.6 Å². The van der Waals surface area contributed by atoms with Gasteiger partial charge in [-0.3, -0.25) is 0 Å². The molecule has 38 heavy (non-hydrogen) atoms. The fourth-order valence-corrected chi connectivity index (χ4v) is 12.9. The average molecular weight is 600 g/mol. The molecular formula is C20H41N3O12Si3+2. The molecule has 3 aliphatic rings. The molecule has 0 N–H and O–H groups in total. The van der Waals surface area contributed by atoms with Crippen LogP contribution in [0.4, 0.5) is 14.4 Å². The number of amides is 6. The predicted octanol–water partition coefficient (Wildman–Crippen LogP) is 0.553. The van der Waals surface area contributed by atoms with E-state index < -0.39 is 64.8 Å². The molecule has 0 aromatic heterocycles. The van der Waals surface area contributed by atoms with E-state index >= 15 is 0 Å². The quantitative estimate of drug-likeness (QED) is 0.148. The lowest BCUT2D eigenvalue weighted by molar-refractivity contribution is -0.904. The summed E-state index contributed by atoms with van der Waals surface area (Å²) in [6, 6.07) is -1.49. The maximum atomic E-state index is 14.4. The minimum atomic E-state index is -3.49. The van der Waals surface area contributed by atoms with Crippen molar-refractivity contribution in [3.63, 3.8) is 0 Å². The van der Waals surface area contributed by atoms with Crippen molar-refractivity contribution >= 4 is 44.5 Å². The summed E-state index contributed by atoms with van der Waals surface area (Å²) in [5, 5.41) is 0. The minimum Gasteiger partial charge on any atom is -0.377 e. The first-order valence-corrected chi connectivity index (χ1v) is 17.7. The second kappa shape index (κ2) is 11.5. The first kappa shape index (κ1) is 31.5. The zero-order valence-corrected chi connectivity index (χ0v) is 26.6. The molecular weight excluding hydrogens is 558 g/mol. The molecule has 0 saturated carbocycles. The fourth-order valence-electron chi connectivity index (χ4n) is 5.96. The van der Waals surface area contributed by atoms with Crippen molar-refractivity contribution in [3.05, 3.63) is 0 Å². The van der Waals surface area contributed by atoms with Crippen LogP contribution in [0.2, 0.25) is 6.04 Å². The molecule has 2 spiro atoms. The molecule has 6 amide bonds. The van der Waals surface area contributed by atoms with E-state index in [1.54, 1.807) is 0 Å². The van der Waals surface area contributed by atoms with Crippen molar-refractivity contribution in [1.82, 2.24) is 4.90 Å². The first-order chi connectivity index (χ1) is 18.0. The minimum absolute atomic E-state index is 0.0260. The summed E-state index contributed by atoms with van der Waals surface area (Å²) in [6.07, 6.45) is 0.784. The number of quaternary nitrogens is 2. The Labute approximate surface area is 226 Å². The summed E-state index contributed by atoms with van der Waals surface area (Å²) < 4.78 is 49.2. The van der Waals surface area contributed by atoms with Crippen LogP contribution in [-0.4, -0.2) is 153 Å². The van der Waals surface area contributed by atoms with E-state index in [1.165, 1.54) is 64.0 Å². The van der Waals surface area contributed by atoms with Crippen molar-refractivity contribution < 1.29 is 63.2 Å². The summed E-state index contributed by atoms with van der Waals surface area (Å²) in [5.41, 5.74) is -1.42. The molecule has 3 heterocycles. The van der Waals surface area contributed by atoms with Crippen molar-refractivity contribution in [2.45, 2.75) is 30.2 Å². The van der Waals surface area contributed by atoms with E-state index in [0.717, 1.165) is 4.90 Å². The molecule has 0 aliphatic carbocycles. The summed E-state index contributed by atoms with van der Waals surface area (Å²) >= 11 is 0. The number of imide groups is 3. The van der Waals surface area contributed by atoms with Crippen LogP contribution in [0.5, 0.6) is 0 Å². The Morgan fingerprint density at radius 2 is 1.13 bits per heavy atom.